The first-order valence-electron chi connectivity index (χ1n) is 3.66. The van der Waals surface area contributed by atoms with Gasteiger partial charge in [-0.2, -0.15) is 0 Å². The van der Waals surface area contributed by atoms with Gasteiger partial charge in [0, 0.05) is 24.3 Å². The van der Waals surface area contributed by atoms with Crippen LogP contribution in [-0.4, -0.2) is 11.2 Å². The molecule has 0 aliphatic rings. The Morgan fingerprint density at radius 1 is 1.25 bits per heavy atom. The van der Waals surface area contributed by atoms with Crippen molar-refractivity contribution in [1.82, 2.24) is 0 Å². The molecule has 1 radical (unpaired) electrons. The van der Waals surface area contributed by atoms with Crippen LogP contribution in [0.2, 0.25) is 0 Å². The smallest absolute Gasteiger partial charge is 0.0903 e. The third-order valence-electron chi connectivity index (χ3n) is 1.03. The van der Waals surface area contributed by atoms with E-state index in [1.807, 2.05) is 27.7 Å². The van der Waals surface area contributed by atoms with E-state index in [1.165, 1.54) is 0 Å². The van der Waals surface area contributed by atoms with Crippen molar-refractivity contribution in [1.29, 1.82) is 0 Å². The molecule has 0 aromatic carbocycles. The molecule has 0 aromatic heterocycles. The van der Waals surface area contributed by atoms with Crippen LogP contribution in [0.25, 0.3) is 0 Å². The van der Waals surface area contributed by atoms with E-state index in [0.717, 1.165) is 5.57 Å². The molecule has 1 atom stereocenters. The van der Waals surface area contributed by atoms with Gasteiger partial charge in [0.25, 0.3) is 0 Å². The van der Waals surface area contributed by atoms with E-state index < -0.39 is 6.10 Å². The number of hydrogen-bond acceptors (Lipinski definition) is 2. The molecule has 0 rings (SSSR count). The summed E-state index contributed by atoms with van der Waals surface area (Å²) >= 11 is 0. The predicted octanol–water partition coefficient (Wildman–Crippen LogP) is 2.09. The van der Waals surface area contributed by atoms with E-state index in [-0.39, 0.29) is 26.0 Å². The maximum atomic E-state index is 8.81. The maximum absolute atomic E-state index is 8.81. The van der Waals surface area contributed by atoms with Crippen molar-refractivity contribution >= 4 is 0 Å². The molecule has 0 aliphatic carbocycles. The summed E-state index contributed by atoms with van der Waals surface area (Å²) in [5.41, 5.74) is 6.95. The molecule has 0 spiro atoms. The Kier molecular flexibility index (Phi) is 25.9. The van der Waals surface area contributed by atoms with Gasteiger partial charge in [-0.15, -0.1) is 0 Å². The molecule has 3 N–H and O–H groups in total. The van der Waals surface area contributed by atoms with E-state index in [9.17, 15) is 0 Å². The normalized spacial score (nSPS) is 9.17. The average Bonchev–Trinajstić information content (AvgIpc) is 1.90. The van der Waals surface area contributed by atoms with Crippen LogP contribution in [0.15, 0.2) is 11.3 Å². The predicted molar refractivity (Wildman–Crippen MR) is 52.0 cm³/mol. The number of rotatable bonds is 1. The quantitative estimate of drug-likeness (QED) is 0.652. The molecule has 2 nitrogen and oxygen atoms in total. The minimum Gasteiger partial charge on any atom is -0.400 e. The van der Waals surface area contributed by atoms with Gasteiger partial charge in [-0.25, -0.2) is 0 Å². The molecule has 0 fully saturated rings. The summed E-state index contributed by atoms with van der Waals surface area (Å²) < 4.78 is 0. The van der Waals surface area contributed by atoms with Crippen molar-refractivity contribution in [2.75, 3.05) is 0 Å². The molecule has 3 heteroatoms. The minimum atomic E-state index is -0.500. The Labute approximate surface area is 89.1 Å². The second-order valence-corrected chi connectivity index (χ2v) is 2.13. The van der Waals surface area contributed by atoms with E-state index in [4.69, 9.17) is 10.8 Å². The van der Waals surface area contributed by atoms with Crippen LogP contribution in [-0.2, 0) is 18.6 Å². The second kappa shape index (κ2) is 13.7. The number of aliphatic hydroxyl groups is 1. The monoisotopic (exact) mass is 211 g/mol. The Morgan fingerprint density at radius 3 is 1.50 bits per heavy atom. The van der Waals surface area contributed by atoms with Gasteiger partial charge < -0.3 is 18.3 Å². The van der Waals surface area contributed by atoms with E-state index in [0.29, 0.717) is 5.70 Å². The molecular weight excluding hydrogens is 189 g/mol. The molecule has 1 unspecified atom stereocenters. The summed E-state index contributed by atoms with van der Waals surface area (Å²) in [5.74, 6) is 0. The molecule has 12 heavy (non-hydrogen) atoms. The molecule has 75 valence electrons. The first-order valence-corrected chi connectivity index (χ1v) is 3.66. The molecular formula is C9H22NOV-. The topological polar surface area (TPSA) is 46.2 Å². The van der Waals surface area contributed by atoms with Crippen molar-refractivity contribution in [3.05, 3.63) is 18.7 Å². The Balaban J connectivity index is -0.0000000740. The van der Waals surface area contributed by atoms with Gasteiger partial charge in [-0.1, -0.05) is 19.4 Å². The molecule has 0 bridgehead atoms. The molecule has 0 amide bonds. The number of hydrogen-bond donors (Lipinski definition) is 2. The fraction of sp³-hybridized carbons (Fsp3) is 0.667. The van der Waals surface area contributed by atoms with Crippen LogP contribution >= 0.6 is 0 Å². The average molecular weight is 211 g/mol. The Hall–Kier alpha value is 0.0844. The summed E-state index contributed by atoms with van der Waals surface area (Å²) in [6.45, 7) is 9.41. The third-order valence-corrected chi connectivity index (χ3v) is 1.03. The second-order valence-electron chi connectivity index (χ2n) is 2.13. The van der Waals surface area contributed by atoms with Crippen molar-refractivity contribution < 1.29 is 23.7 Å². The molecule has 0 saturated heterocycles. The SMILES string of the molecule is CC.CC(C)=C(N)C(C)O.[CH3-].[V]. The van der Waals surface area contributed by atoms with E-state index >= 15 is 0 Å². The van der Waals surface area contributed by atoms with Gasteiger partial charge in [0.15, 0.2) is 0 Å². The van der Waals surface area contributed by atoms with Crippen LogP contribution < -0.4 is 5.73 Å². The Bertz CT molecular complexity index is 107. The number of nitrogens with two attached hydrogens (primary N) is 1. The van der Waals surface area contributed by atoms with Crippen LogP contribution in [0.3, 0.4) is 0 Å². The number of aliphatic hydroxyl groups excluding tert-OH is 1. The van der Waals surface area contributed by atoms with Gasteiger partial charge >= 0.3 is 0 Å². The van der Waals surface area contributed by atoms with Gasteiger partial charge in [-0.05, 0) is 20.8 Å². The van der Waals surface area contributed by atoms with E-state index in [2.05, 4.69) is 0 Å². The summed E-state index contributed by atoms with van der Waals surface area (Å²) in [6, 6.07) is 0. The zero-order valence-corrected chi connectivity index (χ0v) is 10.4. The molecule has 0 aliphatic heterocycles. The molecule has 0 heterocycles. The first-order chi connectivity index (χ1) is 4.55. The summed E-state index contributed by atoms with van der Waals surface area (Å²) in [7, 11) is 0. The standard InChI is InChI=1S/C6H13NO.C2H6.CH3.V/c1-4(2)6(7)5(3)8;1-2;;/h5,8H,7H2,1-3H3;1-2H3;1H3;/q;;-1;. The van der Waals surface area contributed by atoms with Crippen molar-refractivity contribution in [2.24, 2.45) is 5.73 Å². The fourth-order valence-corrected chi connectivity index (χ4v) is 0.418. The van der Waals surface area contributed by atoms with E-state index in [1.54, 1.807) is 6.92 Å². The van der Waals surface area contributed by atoms with Crippen molar-refractivity contribution in [3.63, 3.8) is 0 Å². The first kappa shape index (κ1) is 22.7. The van der Waals surface area contributed by atoms with Crippen LogP contribution in [0.5, 0.6) is 0 Å². The van der Waals surface area contributed by atoms with Crippen LogP contribution in [0.1, 0.15) is 34.6 Å². The Morgan fingerprint density at radius 2 is 1.50 bits per heavy atom. The zero-order chi connectivity index (χ0) is 8.73. The number of allylic oxidation sites excluding steroid dienone is 1. The van der Waals surface area contributed by atoms with Crippen molar-refractivity contribution in [3.8, 4) is 0 Å². The van der Waals surface area contributed by atoms with Gasteiger partial charge in [-0.3, -0.25) is 0 Å². The third kappa shape index (κ3) is 12.7. The fourth-order valence-electron chi connectivity index (χ4n) is 0.418. The zero-order valence-electron chi connectivity index (χ0n) is 9.05. The van der Waals surface area contributed by atoms with Crippen molar-refractivity contribution in [2.45, 2.75) is 40.7 Å². The summed E-state index contributed by atoms with van der Waals surface area (Å²) in [5, 5.41) is 8.81. The van der Waals surface area contributed by atoms with Crippen LogP contribution in [0.4, 0.5) is 0 Å². The summed E-state index contributed by atoms with van der Waals surface area (Å²) in [4.78, 5) is 0. The van der Waals surface area contributed by atoms with Gasteiger partial charge in [0.05, 0.1) is 6.10 Å². The van der Waals surface area contributed by atoms with Gasteiger partial charge in [0.2, 0.25) is 0 Å². The molecule has 0 saturated carbocycles. The summed E-state index contributed by atoms with van der Waals surface area (Å²) in [6.07, 6.45) is -0.500. The largest absolute Gasteiger partial charge is 0.400 e. The minimum absolute atomic E-state index is 0. The van der Waals surface area contributed by atoms with Gasteiger partial charge in [0.1, 0.15) is 0 Å². The maximum Gasteiger partial charge on any atom is 0.0903 e. The van der Waals surface area contributed by atoms with Crippen LogP contribution in [0, 0.1) is 7.43 Å². The molecule has 0 aromatic rings.